The number of alkyl halides is 3. The normalized spacial score (nSPS) is 11.9. The molecule has 0 saturated heterocycles. The molecule has 9 heteroatoms. The van der Waals surface area contributed by atoms with Gasteiger partial charge in [-0.15, -0.1) is 0 Å². The number of nitrogens with one attached hydrogen (secondary N) is 1. The minimum absolute atomic E-state index is 0.149. The second-order valence-electron chi connectivity index (χ2n) is 5.78. The summed E-state index contributed by atoms with van der Waals surface area (Å²) in [7, 11) is -2.99. The molecule has 0 atom stereocenters. The molecule has 0 saturated carbocycles. The van der Waals surface area contributed by atoms with Crippen molar-refractivity contribution in [2.24, 2.45) is 0 Å². The van der Waals surface area contributed by atoms with Crippen molar-refractivity contribution in [3.63, 3.8) is 0 Å². The minimum atomic E-state index is -4.54. The average Bonchev–Trinajstić information content (AvgIpc) is 2.52. The molecular formula is C17H17F3N2O3S. The molecule has 0 spiro atoms. The van der Waals surface area contributed by atoms with Gasteiger partial charge in [0.15, 0.2) is 0 Å². The highest BCUT2D eigenvalue weighted by atomic mass is 32.2. The number of anilines is 1. The Hall–Kier alpha value is -2.55. The zero-order valence-electron chi connectivity index (χ0n) is 14.0. The van der Waals surface area contributed by atoms with Gasteiger partial charge in [0.2, 0.25) is 0 Å². The van der Waals surface area contributed by atoms with Gasteiger partial charge >= 0.3 is 6.18 Å². The summed E-state index contributed by atoms with van der Waals surface area (Å²) < 4.78 is 64.6. The highest BCUT2D eigenvalue weighted by Gasteiger charge is 2.31. The summed E-state index contributed by atoms with van der Waals surface area (Å²) in [6.45, 7) is 0.373. The molecular weight excluding hydrogens is 369 g/mol. The number of rotatable bonds is 5. The van der Waals surface area contributed by atoms with E-state index < -0.39 is 28.7 Å². The summed E-state index contributed by atoms with van der Waals surface area (Å²) >= 11 is 0. The molecule has 140 valence electrons. The summed E-state index contributed by atoms with van der Waals surface area (Å²) in [6, 6.07) is 11.6. The van der Waals surface area contributed by atoms with E-state index in [-0.39, 0.29) is 10.5 Å². The van der Waals surface area contributed by atoms with Gasteiger partial charge in [-0.3, -0.25) is 9.52 Å². The fourth-order valence-corrected chi connectivity index (χ4v) is 3.37. The average molecular weight is 386 g/mol. The van der Waals surface area contributed by atoms with E-state index in [4.69, 9.17) is 0 Å². The van der Waals surface area contributed by atoms with E-state index in [1.54, 1.807) is 31.2 Å². The first kappa shape index (κ1) is 19.8. The Bertz CT molecular complexity index is 911. The van der Waals surface area contributed by atoms with Gasteiger partial charge in [0.1, 0.15) is 6.54 Å². The van der Waals surface area contributed by atoms with Crippen LogP contribution in [0.15, 0.2) is 53.4 Å². The summed E-state index contributed by atoms with van der Waals surface area (Å²) in [5.41, 5.74) is 1.04. The van der Waals surface area contributed by atoms with Crippen molar-refractivity contribution in [2.45, 2.75) is 18.0 Å². The Balaban J connectivity index is 2.26. The molecule has 0 bridgehead atoms. The zero-order chi connectivity index (χ0) is 19.5. The van der Waals surface area contributed by atoms with E-state index in [0.717, 1.165) is 18.7 Å². The Morgan fingerprint density at radius 2 is 1.77 bits per heavy atom. The van der Waals surface area contributed by atoms with Gasteiger partial charge in [-0.05, 0) is 42.8 Å². The first-order chi connectivity index (χ1) is 12.0. The molecule has 1 amide bonds. The molecule has 0 fully saturated rings. The fraction of sp³-hybridized carbons (Fsp3) is 0.235. The van der Waals surface area contributed by atoms with Gasteiger partial charge < -0.3 is 4.90 Å². The van der Waals surface area contributed by atoms with Crippen LogP contribution in [-0.4, -0.2) is 39.0 Å². The van der Waals surface area contributed by atoms with Crippen LogP contribution in [0.5, 0.6) is 0 Å². The number of amides is 1. The van der Waals surface area contributed by atoms with Gasteiger partial charge in [-0.1, -0.05) is 18.2 Å². The molecule has 5 nitrogen and oxygen atoms in total. The minimum Gasteiger partial charge on any atom is -0.333 e. The third-order valence-electron chi connectivity index (χ3n) is 3.42. The van der Waals surface area contributed by atoms with Crippen LogP contribution in [0, 0.1) is 6.92 Å². The van der Waals surface area contributed by atoms with Gasteiger partial charge in [-0.2, -0.15) is 13.2 Å². The van der Waals surface area contributed by atoms with Crippen LogP contribution < -0.4 is 4.72 Å². The largest absolute Gasteiger partial charge is 0.406 e. The second-order valence-corrected chi connectivity index (χ2v) is 7.46. The predicted molar refractivity (Wildman–Crippen MR) is 91.4 cm³/mol. The maximum atomic E-state index is 12.5. The molecule has 0 aliphatic rings. The SMILES string of the molecule is Cc1cccc(NS(=O)(=O)c2cccc(C(=O)N(C)CC(F)(F)F)c2)c1. The van der Waals surface area contributed by atoms with Crippen LogP contribution in [0.1, 0.15) is 15.9 Å². The first-order valence-electron chi connectivity index (χ1n) is 7.50. The van der Waals surface area contributed by atoms with E-state index in [1.165, 1.54) is 18.2 Å². The Morgan fingerprint density at radius 1 is 1.12 bits per heavy atom. The summed E-state index contributed by atoms with van der Waals surface area (Å²) in [6.07, 6.45) is -4.54. The molecule has 1 N–H and O–H groups in total. The van der Waals surface area contributed by atoms with Crippen LogP contribution in [0.2, 0.25) is 0 Å². The monoisotopic (exact) mass is 386 g/mol. The summed E-state index contributed by atoms with van der Waals surface area (Å²) in [5.74, 6) is -0.921. The van der Waals surface area contributed by atoms with Crippen LogP contribution in [0.4, 0.5) is 18.9 Å². The van der Waals surface area contributed by atoms with Crippen molar-refractivity contribution in [2.75, 3.05) is 18.3 Å². The lowest BCUT2D eigenvalue weighted by Crippen LogP contribution is -2.35. The maximum absolute atomic E-state index is 12.5. The van der Waals surface area contributed by atoms with Crippen LogP contribution >= 0.6 is 0 Å². The lowest BCUT2D eigenvalue weighted by atomic mass is 10.2. The molecule has 0 aliphatic heterocycles. The number of carbonyl (C=O) groups excluding carboxylic acids is 1. The molecule has 0 aromatic heterocycles. The highest BCUT2D eigenvalue weighted by Crippen LogP contribution is 2.20. The van der Waals surface area contributed by atoms with Crippen LogP contribution in [-0.2, 0) is 10.0 Å². The smallest absolute Gasteiger partial charge is 0.333 e. The van der Waals surface area contributed by atoms with E-state index in [9.17, 15) is 26.4 Å². The summed E-state index contributed by atoms with van der Waals surface area (Å²) in [4.78, 5) is 12.4. The number of nitrogens with zero attached hydrogens (tertiary/aromatic N) is 1. The highest BCUT2D eigenvalue weighted by molar-refractivity contribution is 7.92. The Morgan fingerprint density at radius 3 is 2.38 bits per heavy atom. The third-order valence-corrected chi connectivity index (χ3v) is 4.80. The van der Waals surface area contributed by atoms with Crippen molar-refractivity contribution in [1.29, 1.82) is 0 Å². The van der Waals surface area contributed by atoms with E-state index in [0.29, 0.717) is 10.6 Å². The number of halogens is 3. The van der Waals surface area contributed by atoms with Crippen molar-refractivity contribution >= 4 is 21.6 Å². The molecule has 0 heterocycles. The lowest BCUT2D eigenvalue weighted by molar-refractivity contribution is -0.138. The van der Waals surface area contributed by atoms with Crippen LogP contribution in [0.3, 0.4) is 0 Å². The molecule has 26 heavy (non-hydrogen) atoms. The number of benzene rings is 2. The number of aryl methyl sites for hydroxylation is 1. The third kappa shape index (κ3) is 5.22. The number of carbonyl (C=O) groups is 1. The molecule has 0 radical (unpaired) electrons. The first-order valence-corrected chi connectivity index (χ1v) is 8.98. The molecule has 2 rings (SSSR count). The van der Waals surface area contributed by atoms with Gasteiger partial charge in [0.05, 0.1) is 4.90 Å². The standard InChI is InChI=1S/C17H17F3N2O3S/c1-12-5-3-7-14(9-12)21-26(24,25)15-8-4-6-13(10-15)16(23)22(2)11-17(18,19)20/h3-10,21H,11H2,1-2H3. The Labute approximate surface area is 149 Å². The Kier molecular flexibility index (Phi) is 5.60. The zero-order valence-corrected chi connectivity index (χ0v) is 14.9. The van der Waals surface area contributed by atoms with E-state index in [2.05, 4.69) is 4.72 Å². The quantitative estimate of drug-likeness (QED) is 0.856. The maximum Gasteiger partial charge on any atom is 0.406 e. The topological polar surface area (TPSA) is 66.5 Å². The molecule has 0 unspecified atom stereocenters. The molecule has 0 aliphatic carbocycles. The van der Waals surface area contributed by atoms with Crippen molar-refractivity contribution < 1.29 is 26.4 Å². The number of hydrogen-bond acceptors (Lipinski definition) is 3. The van der Waals surface area contributed by atoms with Crippen molar-refractivity contribution in [3.8, 4) is 0 Å². The van der Waals surface area contributed by atoms with Gasteiger partial charge in [0, 0.05) is 18.3 Å². The van der Waals surface area contributed by atoms with Crippen LogP contribution in [0.25, 0.3) is 0 Å². The van der Waals surface area contributed by atoms with Crippen molar-refractivity contribution in [1.82, 2.24) is 4.90 Å². The number of sulfonamides is 1. The number of hydrogen-bond donors (Lipinski definition) is 1. The van der Waals surface area contributed by atoms with Gasteiger partial charge in [0.25, 0.3) is 15.9 Å². The lowest BCUT2D eigenvalue weighted by Gasteiger charge is -2.19. The molecule has 2 aromatic rings. The fourth-order valence-electron chi connectivity index (χ4n) is 2.28. The second kappa shape index (κ2) is 7.36. The summed E-state index contributed by atoms with van der Waals surface area (Å²) in [5, 5.41) is 0. The predicted octanol–water partition coefficient (Wildman–Crippen LogP) is 3.43. The molecule has 2 aromatic carbocycles. The van der Waals surface area contributed by atoms with Gasteiger partial charge in [-0.25, -0.2) is 8.42 Å². The van der Waals surface area contributed by atoms with E-state index in [1.807, 2.05) is 0 Å². The van der Waals surface area contributed by atoms with Crippen molar-refractivity contribution in [3.05, 3.63) is 59.7 Å². The van der Waals surface area contributed by atoms with E-state index >= 15 is 0 Å².